The van der Waals surface area contributed by atoms with Crippen LogP contribution in [0.5, 0.6) is 0 Å². The van der Waals surface area contributed by atoms with Crippen molar-refractivity contribution in [3.05, 3.63) is 109 Å². The van der Waals surface area contributed by atoms with Crippen LogP contribution in [0.25, 0.3) is 0 Å². The maximum atomic E-state index is 13.8. The molecule has 37 heavy (non-hydrogen) atoms. The number of nitrogens with zero attached hydrogens (tertiary/aromatic N) is 2. The maximum Gasteiger partial charge on any atom is 0.242 e. The van der Waals surface area contributed by atoms with Crippen LogP contribution in [-0.2, 0) is 19.2 Å². The molecule has 4 aliphatic rings. The summed E-state index contributed by atoms with van der Waals surface area (Å²) in [5, 5.41) is 0. The van der Waals surface area contributed by atoms with Gasteiger partial charge in [-0.3, -0.25) is 24.1 Å². The van der Waals surface area contributed by atoms with E-state index in [1.807, 2.05) is 18.2 Å². The number of amides is 4. The van der Waals surface area contributed by atoms with Crippen molar-refractivity contribution in [3.8, 4) is 0 Å². The van der Waals surface area contributed by atoms with Crippen LogP contribution in [-0.4, -0.2) is 23.6 Å². The first kappa shape index (κ1) is 23.1. The number of carbonyl (C=O) groups excluding carboxylic acids is 4. The summed E-state index contributed by atoms with van der Waals surface area (Å²) in [6.07, 6.45) is 6.02. The Kier molecular flexibility index (Phi) is 5.41. The number of para-hydroxylation sites is 2. The summed E-state index contributed by atoms with van der Waals surface area (Å²) in [6.45, 7) is 7.86. The van der Waals surface area contributed by atoms with E-state index < -0.39 is 23.7 Å². The first-order valence-corrected chi connectivity index (χ1v) is 12.5. The number of fused-ring (bicyclic) bond motifs is 4. The van der Waals surface area contributed by atoms with Gasteiger partial charge >= 0.3 is 0 Å². The molecular weight excluding hydrogens is 464 g/mol. The molecule has 1 saturated carbocycles. The lowest BCUT2D eigenvalue weighted by molar-refractivity contribution is -0.125. The molecule has 0 unspecified atom stereocenters. The van der Waals surface area contributed by atoms with Crippen LogP contribution < -0.4 is 9.80 Å². The summed E-state index contributed by atoms with van der Waals surface area (Å²) in [5.41, 5.74) is 3.34. The van der Waals surface area contributed by atoms with Crippen molar-refractivity contribution in [3.63, 3.8) is 0 Å². The lowest BCUT2D eigenvalue weighted by Gasteiger charge is -2.41. The standard InChI is InChI=1S/C31H26N2O4/c1-3-18(4-2)25-21-15-16-22-26(30(36)32(28(22)34)19-11-7-5-8-12-19)23(21)17-24-27(25)31(37)33(29(24)35)20-13-9-6-10-14-20/h3-15,22-24,26-27H,1-2,16-17H2/t22-,23+,24+,26-,27+/m0/s1. The van der Waals surface area contributed by atoms with Gasteiger partial charge in [0.1, 0.15) is 0 Å². The topological polar surface area (TPSA) is 74.8 Å². The molecular formula is C31H26N2O4. The molecule has 2 heterocycles. The normalized spacial score (nSPS) is 28.5. The predicted molar refractivity (Wildman–Crippen MR) is 140 cm³/mol. The third-order valence-electron chi connectivity index (χ3n) is 8.24. The molecule has 2 saturated heterocycles. The maximum absolute atomic E-state index is 13.8. The molecule has 0 bridgehead atoms. The summed E-state index contributed by atoms with van der Waals surface area (Å²) in [4.78, 5) is 57.3. The fourth-order valence-corrected chi connectivity index (χ4v) is 6.69. The first-order chi connectivity index (χ1) is 18.0. The van der Waals surface area contributed by atoms with Crippen molar-refractivity contribution >= 4 is 35.0 Å². The summed E-state index contributed by atoms with van der Waals surface area (Å²) in [6, 6.07) is 17.9. The summed E-state index contributed by atoms with van der Waals surface area (Å²) in [5.74, 6) is -3.77. The Bertz CT molecular complexity index is 1410. The van der Waals surface area contributed by atoms with E-state index in [0.717, 1.165) is 5.57 Å². The van der Waals surface area contributed by atoms with Crippen LogP contribution in [0.4, 0.5) is 11.4 Å². The average Bonchev–Trinajstić information content (AvgIpc) is 3.33. The first-order valence-electron chi connectivity index (χ1n) is 12.5. The van der Waals surface area contributed by atoms with Crippen LogP contribution in [0.2, 0.25) is 0 Å². The molecule has 2 aliphatic heterocycles. The molecule has 3 fully saturated rings. The van der Waals surface area contributed by atoms with E-state index in [0.29, 0.717) is 35.4 Å². The van der Waals surface area contributed by atoms with Crippen LogP contribution in [0.3, 0.4) is 0 Å². The summed E-state index contributed by atoms with van der Waals surface area (Å²) < 4.78 is 0. The Morgan fingerprint density at radius 3 is 1.81 bits per heavy atom. The highest BCUT2D eigenvalue weighted by Gasteiger charge is 2.61. The Labute approximate surface area is 215 Å². The molecule has 2 aromatic rings. The van der Waals surface area contributed by atoms with Crippen molar-refractivity contribution in [2.45, 2.75) is 12.8 Å². The second-order valence-electron chi connectivity index (χ2n) is 9.93. The van der Waals surface area contributed by atoms with Crippen molar-refractivity contribution in [2.75, 3.05) is 9.80 Å². The monoisotopic (exact) mass is 490 g/mol. The fourth-order valence-electron chi connectivity index (χ4n) is 6.69. The van der Waals surface area contributed by atoms with Gasteiger partial charge in [0.25, 0.3) is 0 Å². The third-order valence-corrected chi connectivity index (χ3v) is 8.24. The average molecular weight is 491 g/mol. The quantitative estimate of drug-likeness (QED) is 0.587. The molecule has 6 nitrogen and oxygen atoms in total. The second-order valence-corrected chi connectivity index (χ2v) is 9.93. The van der Waals surface area contributed by atoms with Crippen molar-refractivity contribution in [1.29, 1.82) is 0 Å². The highest BCUT2D eigenvalue weighted by atomic mass is 16.2. The van der Waals surface area contributed by atoms with Gasteiger partial charge < -0.3 is 0 Å². The second kappa shape index (κ2) is 8.66. The fraction of sp³-hybridized carbons (Fsp3) is 0.226. The minimum absolute atomic E-state index is 0.212. The molecule has 0 spiro atoms. The van der Waals surface area contributed by atoms with E-state index in [4.69, 9.17) is 0 Å². The number of carbonyl (C=O) groups is 4. The van der Waals surface area contributed by atoms with Crippen LogP contribution in [0.1, 0.15) is 12.8 Å². The Morgan fingerprint density at radius 2 is 1.24 bits per heavy atom. The summed E-state index contributed by atoms with van der Waals surface area (Å²) >= 11 is 0. The highest BCUT2D eigenvalue weighted by Crippen LogP contribution is 2.56. The van der Waals surface area contributed by atoms with Crippen LogP contribution >= 0.6 is 0 Å². The van der Waals surface area contributed by atoms with E-state index in [9.17, 15) is 19.2 Å². The van der Waals surface area contributed by atoms with Gasteiger partial charge in [0.05, 0.1) is 35.0 Å². The van der Waals surface area contributed by atoms with Gasteiger partial charge in [0.15, 0.2) is 0 Å². The largest absolute Gasteiger partial charge is 0.274 e. The minimum Gasteiger partial charge on any atom is -0.274 e. The van der Waals surface area contributed by atoms with Crippen molar-refractivity contribution in [1.82, 2.24) is 0 Å². The molecule has 0 aromatic heterocycles. The van der Waals surface area contributed by atoms with Gasteiger partial charge in [-0.05, 0) is 59.7 Å². The number of allylic oxidation sites excluding steroid dienone is 5. The lowest BCUT2D eigenvalue weighted by Crippen LogP contribution is -2.41. The van der Waals surface area contributed by atoms with Crippen LogP contribution in [0, 0.1) is 29.6 Å². The van der Waals surface area contributed by atoms with Crippen LogP contribution in [0.15, 0.2) is 109 Å². The molecule has 2 aliphatic carbocycles. The van der Waals surface area contributed by atoms with Gasteiger partial charge in [-0.1, -0.05) is 67.8 Å². The molecule has 0 N–H and O–H groups in total. The van der Waals surface area contributed by atoms with E-state index in [-0.39, 0.29) is 29.5 Å². The lowest BCUT2D eigenvalue weighted by atomic mass is 9.60. The Balaban J connectivity index is 1.47. The molecule has 4 amide bonds. The zero-order valence-electron chi connectivity index (χ0n) is 20.2. The molecule has 184 valence electrons. The Morgan fingerprint density at radius 1 is 0.703 bits per heavy atom. The highest BCUT2D eigenvalue weighted by molar-refractivity contribution is 6.24. The number of rotatable bonds is 4. The van der Waals surface area contributed by atoms with E-state index in [1.165, 1.54) is 9.80 Å². The van der Waals surface area contributed by atoms with Gasteiger partial charge in [-0.2, -0.15) is 0 Å². The van der Waals surface area contributed by atoms with E-state index in [1.54, 1.807) is 60.7 Å². The van der Waals surface area contributed by atoms with E-state index >= 15 is 0 Å². The zero-order chi connectivity index (χ0) is 25.8. The van der Waals surface area contributed by atoms with Gasteiger partial charge in [0.2, 0.25) is 23.6 Å². The van der Waals surface area contributed by atoms with Gasteiger partial charge in [-0.15, -0.1) is 0 Å². The molecule has 5 atom stereocenters. The third kappa shape index (κ3) is 3.25. The van der Waals surface area contributed by atoms with E-state index in [2.05, 4.69) is 13.2 Å². The number of hydrogen-bond donors (Lipinski definition) is 0. The molecule has 2 aromatic carbocycles. The molecule has 6 heteroatoms. The molecule has 6 rings (SSSR count). The number of benzene rings is 2. The van der Waals surface area contributed by atoms with Gasteiger partial charge in [-0.25, -0.2) is 4.90 Å². The van der Waals surface area contributed by atoms with Crippen molar-refractivity contribution < 1.29 is 19.2 Å². The zero-order valence-corrected chi connectivity index (χ0v) is 20.2. The SMILES string of the molecule is C=CC(C=C)=C1C2=CC[C@@H]3C(=O)N(c4ccccc4)C(=O)[C@@H]3[C@@H]2C[C@H]2C(=O)N(c3ccccc3)C(=O)[C@@H]12. The number of imide groups is 2. The minimum atomic E-state index is -0.685. The molecule has 0 radical (unpaired) electrons. The Hall–Kier alpha value is -4.32. The smallest absolute Gasteiger partial charge is 0.242 e. The summed E-state index contributed by atoms with van der Waals surface area (Å²) in [7, 11) is 0. The number of anilines is 2. The van der Waals surface area contributed by atoms with Gasteiger partial charge in [0, 0.05) is 0 Å². The predicted octanol–water partition coefficient (Wildman–Crippen LogP) is 4.62. The number of hydrogen-bond acceptors (Lipinski definition) is 4. The van der Waals surface area contributed by atoms with Crippen molar-refractivity contribution in [2.24, 2.45) is 29.6 Å².